The summed E-state index contributed by atoms with van der Waals surface area (Å²) in [7, 11) is 0. The highest BCUT2D eigenvalue weighted by molar-refractivity contribution is 7.80. The molecule has 1 aromatic rings. The van der Waals surface area contributed by atoms with E-state index in [1.165, 1.54) is 12.1 Å². The van der Waals surface area contributed by atoms with E-state index in [1.807, 2.05) is 0 Å². The zero-order chi connectivity index (χ0) is 10.1. The fourth-order valence-corrected chi connectivity index (χ4v) is 1.46. The maximum Gasteiger partial charge on any atom is 0.124 e. The van der Waals surface area contributed by atoms with E-state index in [-0.39, 0.29) is 10.8 Å². The van der Waals surface area contributed by atoms with Gasteiger partial charge in [-0.2, -0.15) is 0 Å². The molecule has 0 spiro atoms. The van der Waals surface area contributed by atoms with Crippen molar-refractivity contribution >= 4 is 22.9 Å². The van der Waals surface area contributed by atoms with Crippen LogP contribution >= 0.6 is 12.2 Å². The highest BCUT2D eigenvalue weighted by Crippen LogP contribution is 2.27. The van der Waals surface area contributed by atoms with E-state index < -0.39 is 0 Å². The maximum absolute atomic E-state index is 12.9. The number of halogens is 1. The van der Waals surface area contributed by atoms with Crippen molar-refractivity contribution in [2.45, 2.75) is 18.9 Å². The van der Waals surface area contributed by atoms with Gasteiger partial charge in [-0.25, -0.2) is 4.39 Å². The van der Waals surface area contributed by atoms with Crippen LogP contribution in [0.15, 0.2) is 18.2 Å². The molecule has 0 unspecified atom stereocenters. The molecule has 0 heterocycles. The SMILES string of the molecule is NC(=S)c1cc(F)ccc1NC1CC1. The van der Waals surface area contributed by atoms with Crippen LogP contribution in [0.1, 0.15) is 18.4 Å². The molecule has 3 N–H and O–H groups in total. The topological polar surface area (TPSA) is 38.0 Å². The van der Waals surface area contributed by atoms with Gasteiger partial charge in [0.25, 0.3) is 0 Å². The summed E-state index contributed by atoms with van der Waals surface area (Å²) >= 11 is 4.85. The second-order valence-electron chi connectivity index (χ2n) is 3.47. The third kappa shape index (κ3) is 2.01. The second kappa shape index (κ2) is 3.53. The van der Waals surface area contributed by atoms with Crippen molar-refractivity contribution in [1.29, 1.82) is 0 Å². The minimum atomic E-state index is -0.311. The van der Waals surface area contributed by atoms with Gasteiger partial charge in [-0.15, -0.1) is 0 Å². The van der Waals surface area contributed by atoms with E-state index in [0.29, 0.717) is 11.6 Å². The van der Waals surface area contributed by atoms with Crippen LogP contribution < -0.4 is 11.1 Å². The fourth-order valence-electron chi connectivity index (χ4n) is 1.29. The van der Waals surface area contributed by atoms with Gasteiger partial charge in [0, 0.05) is 17.3 Å². The lowest BCUT2D eigenvalue weighted by atomic mass is 10.1. The van der Waals surface area contributed by atoms with Crippen LogP contribution in [0.25, 0.3) is 0 Å². The molecule has 4 heteroatoms. The Morgan fingerprint density at radius 2 is 2.21 bits per heavy atom. The molecule has 0 aliphatic heterocycles. The molecule has 0 amide bonds. The summed E-state index contributed by atoms with van der Waals surface area (Å²) in [6, 6.07) is 4.97. The molecule has 0 saturated heterocycles. The maximum atomic E-state index is 12.9. The average molecular weight is 210 g/mol. The number of rotatable bonds is 3. The van der Waals surface area contributed by atoms with Gasteiger partial charge in [-0.3, -0.25) is 0 Å². The molecule has 0 radical (unpaired) electrons. The molecule has 0 atom stereocenters. The van der Waals surface area contributed by atoms with E-state index in [1.54, 1.807) is 6.07 Å². The molecule has 2 rings (SSSR count). The molecule has 1 saturated carbocycles. The monoisotopic (exact) mass is 210 g/mol. The van der Waals surface area contributed by atoms with Crippen molar-refractivity contribution in [2.24, 2.45) is 5.73 Å². The first-order chi connectivity index (χ1) is 6.66. The van der Waals surface area contributed by atoms with Crippen molar-refractivity contribution < 1.29 is 4.39 Å². The molecule has 0 bridgehead atoms. The van der Waals surface area contributed by atoms with Crippen LogP contribution in [0.5, 0.6) is 0 Å². The Labute approximate surface area is 87.3 Å². The summed E-state index contributed by atoms with van der Waals surface area (Å²) in [4.78, 5) is 0.229. The normalized spacial score (nSPS) is 15.2. The van der Waals surface area contributed by atoms with E-state index in [0.717, 1.165) is 18.5 Å². The standard InChI is InChI=1S/C10H11FN2S/c11-6-1-4-9(13-7-2-3-7)8(5-6)10(12)14/h1,4-5,7,13H,2-3H2,(H2,12,14). The Kier molecular flexibility index (Phi) is 2.37. The van der Waals surface area contributed by atoms with Crippen molar-refractivity contribution in [2.75, 3.05) is 5.32 Å². The van der Waals surface area contributed by atoms with Gasteiger partial charge < -0.3 is 11.1 Å². The molecule has 1 aliphatic rings. The Balaban J connectivity index is 2.31. The van der Waals surface area contributed by atoms with Gasteiger partial charge in [-0.05, 0) is 31.0 Å². The van der Waals surface area contributed by atoms with Crippen LogP contribution in [-0.4, -0.2) is 11.0 Å². The summed E-state index contributed by atoms with van der Waals surface area (Å²) in [6.45, 7) is 0. The lowest BCUT2D eigenvalue weighted by Crippen LogP contribution is -2.14. The van der Waals surface area contributed by atoms with E-state index in [9.17, 15) is 4.39 Å². The van der Waals surface area contributed by atoms with Crippen molar-refractivity contribution in [1.82, 2.24) is 0 Å². The molecular formula is C10H11FN2S. The van der Waals surface area contributed by atoms with Crippen molar-refractivity contribution in [3.63, 3.8) is 0 Å². The van der Waals surface area contributed by atoms with E-state index in [2.05, 4.69) is 5.32 Å². The van der Waals surface area contributed by atoms with Gasteiger partial charge in [0.1, 0.15) is 10.8 Å². The van der Waals surface area contributed by atoms with Crippen LogP contribution in [0, 0.1) is 5.82 Å². The first kappa shape index (κ1) is 9.40. The number of hydrogen-bond donors (Lipinski definition) is 2. The molecule has 14 heavy (non-hydrogen) atoms. The van der Waals surface area contributed by atoms with Gasteiger partial charge in [-0.1, -0.05) is 12.2 Å². The lowest BCUT2D eigenvalue weighted by molar-refractivity contribution is 0.627. The highest BCUT2D eigenvalue weighted by Gasteiger charge is 2.22. The minimum absolute atomic E-state index is 0.229. The number of nitrogens with one attached hydrogen (secondary N) is 1. The van der Waals surface area contributed by atoms with Crippen molar-refractivity contribution in [3.05, 3.63) is 29.6 Å². The predicted octanol–water partition coefficient (Wildman–Crippen LogP) is 2.03. The summed E-state index contributed by atoms with van der Waals surface area (Å²) in [5, 5.41) is 3.26. The number of anilines is 1. The minimum Gasteiger partial charge on any atom is -0.389 e. The Bertz CT molecular complexity index is 374. The molecular weight excluding hydrogens is 199 g/mol. The van der Waals surface area contributed by atoms with Crippen LogP contribution in [0.3, 0.4) is 0 Å². The summed E-state index contributed by atoms with van der Waals surface area (Å²) < 4.78 is 12.9. The molecule has 2 nitrogen and oxygen atoms in total. The third-order valence-corrected chi connectivity index (χ3v) is 2.40. The fraction of sp³-hybridized carbons (Fsp3) is 0.300. The van der Waals surface area contributed by atoms with Gasteiger partial charge in [0.15, 0.2) is 0 Å². The summed E-state index contributed by atoms with van der Waals surface area (Å²) in [6.07, 6.45) is 2.32. The summed E-state index contributed by atoms with van der Waals surface area (Å²) in [5.74, 6) is -0.311. The molecule has 74 valence electrons. The number of thiocarbonyl (C=S) groups is 1. The lowest BCUT2D eigenvalue weighted by Gasteiger charge is -2.09. The zero-order valence-corrected chi connectivity index (χ0v) is 8.40. The van der Waals surface area contributed by atoms with Gasteiger partial charge in [0.05, 0.1) is 0 Å². The Morgan fingerprint density at radius 1 is 1.50 bits per heavy atom. The predicted molar refractivity (Wildman–Crippen MR) is 58.9 cm³/mol. The zero-order valence-electron chi connectivity index (χ0n) is 7.59. The molecule has 1 fully saturated rings. The summed E-state index contributed by atoms with van der Waals surface area (Å²) in [5.41, 5.74) is 6.93. The first-order valence-corrected chi connectivity index (χ1v) is 4.93. The van der Waals surface area contributed by atoms with Crippen LogP contribution in [0.2, 0.25) is 0 Å². The third-order valence-electron chi connectivity index (χ3n) is 2.18. The second-order valence-corrected chi connectivity index (χ2v) is 3.91. The number of benzene rings is 1. The van der Waals surface area contributed by atoms with Crippen molar-refractivity contribution in [3.8, 4) is 0 Å². The first-order valence-electron chi connectivity index (χ1n) is 4.52. The highest BCUT2D eigenvalue weighted by atomic mass is 32.1. The average Bonchev–Trinajstić information content (AvgIpc) is 2.91. The molecule has 0 aromatic heterocycles. The van der Waals surface area contributed by atoms with Crippen LogP contribution in [-0.2, 0) is 0 Å². The smallest absolute Gasteiger partial charge is 0.124 e. The number of hydrogen-bond acceptors (Lipinski definition) is 2. The van der Waals surface area contributed by atoms with Gasteiger partial charge in [0.2, 0.25) is 0 Å². The Hall–Kier alpha value is -1.16. The quantitative estimate of drug-likeness (QED) is 0.750. The largest absolute Gasteiger partial charge is 0.389 e. The Morgan fingerprint density at radius 3 is 2.79 bits per heavy atom. The molecule has 1 aromatic carbocycles. The number of nitrogens with two attached hydrogens (primary N) is 1. The van der Waals surface area contributed by atoms with Crippen LogP contribution in [0.4, 0.5) is 10.1 Å². The van der Waals surface area contributed by atoms with E-state index >= 15 is 0 Å². The van der Waals surface area contributed by atoms with Gasteiger partial charge >= 0.3 is 0 Å². The molecule has 1 aliphatic carbocycles. The van der Waals surface area contributed by atoms with E-state index in [4.69, 9.17) is 18.0 Å².